The number of nitrogens with zero attached hydrogens (tertiary/aromatic N) is 1. The number of aliphatic imine (C=N–C) groups is 1. The third kappa shape index (κ3) is 3.16. The quantitative estimate of drug-likeness (QED) is 0.584. The lowest BCUT2D eigenvalue weighted by Crippen LogP contribution is -2.03. The molecule has 0 fully saturated rings. The Morgan fingerprint density at radius 2 is 2.13 bits per heavy atom. The molecule has 1 aliphatic rings. The number of hydrogen-bond donors (Lipinski definition) is 0. The molecule has 0 radical (unpaired) electrons. The van der Waals surface area contributed by atoms with Gasteiger partial charge in [-0.15, -0.1) is 11.3 Å². The molecule has 23 heavy (non-hydrogen) atoms. The zero-order valence-corrected chi connectivity index (χ0v) is 14.7. The maximum Gasteiger partial charge on any atom is 0.363 e. The van der Waals surface area contributed by atoms with Crippen molar-refractivity contribution in [2.45, 2.75) is 0 Å². The molecule has 0 saturated heterocycles. The van der Waals surface area contributed by atoms with Crippen molar-refractivity contribution in [3.05, 3.63) is 50.3 Å². The topological polar surface area (TPSA) is 57.1 Å². The fraction of sp³-hybridized carbons (Fsp3) is 0.125. The number of benzene rings is 1. The van der Waals surface area contributed by atoms with Crippen molar-refractivity contribution in [1.82, 2.24) is 0 Å². The minimum Gasteiger partial charge on any atom is -0.493 e. The van der Waals surface area contributed by atoms with E-state index >= 15 is 0 Å². The van der Waals surface area contributed by atoms with E-state index in [9.17, 15) is 4.79 Å². The molecule has 0 atom stereocenters. The molecule has 1 aromatic carbocycles. The predicted octanol–water partition coefficient (Wildman–Crippen LogP) is 3.87. The van der Waals surface area contributed by atoms with Gasteiger partial charge in [0.2, 0.25) is 5.90 Å². The molecule has 0 unspecified atom stereocenters. The van der Waals surface area contributed by atoms with Crippen LogP contribution < -0.4 is 9.47 Å². The number of hydrogen-bond acceptors (Lipinski definition) is 6. The van der Waals surface area contributed by atoms with Gasteiger partial charge in [-0.25, -0.2) is 9.79 Å². The summed E-state index contributed by atoms with van der Waals surface area (Å²) in [6, 6.07) is 7.32. The molecule has 0 aliphatic carbocycles. The number of methoxy groups -OCH3 is 2. The van der Waals surface area contributed by atoms with Crippen LogP contribution in [-0.4, -0.2) is 26.1 Å². The summed E-state index contributed by atoms with van der Waals surface area (Å²) in [4.78, 5) is 17.1. The van der Waals surface area contributed by atoms with Crippen LogP contribution in [0.3, 0.4) is 0 Å². The van der Waals surface area contributed by atoms with E-state index in [2.05, 4.69) is 20.9 Å². The lowest BCUT2D eigenvalue weighted by molar-refractivity contribution is -0.129. The highest BCUT2D eigenvalue weighted by Gasteiger charge is 2.25. The molecule has 2 heterocycles. The van der Waals surface area contributed by atoms with Gasteiger partial charge in [0.15, 0.2) is 17.2 Å². The summed E-state index contributed by atoms with van der Waals surface area (Å²) in [6.45, 7) is 0. The first kappa shape index (κ1) is 15.8. The lowest BCUT2D eigenvalue weighted by atomic mass is 10.1. The number of carbonyl (C=O) groups excluding carboxylic acids is 1. The summed E-state index contributed by atoms with van der Waals surface area (Å²) in [5.74, 6) is 1.00. The van der Waals surface area contributed by atoms with Gasteiger partial charge in [-0.05, 0) is 51.1 Å². The van der Waals surface area contributed by atoms with E-state index in [-0.39, 0.29) is 5.70 Å². The molecule has 7 heteroatoms. The second-order valence-electron chi connectivity index (χ2n) is 4.55. The molecule has 0 saturated carbocycles. The average Bonchev–Trinajstić information content (AvgIpc) is 3.17. The van der Waals surface area contributed by atoms with E-state index in [0.29, 0.717) is 17.4 Å². The highest BCUT2D eigenvalue weighted by atomic mass is 79.9. The first-order chi connectivity index (χ1) is 11.1. The molecular formula is C16H12BrNO4S. The summed E-state index contributed by atoms with van der Waals surface area (Å²) in [5.41, 5.74) is 0.991. The Morgan fingerprint density at radius 3 is 2.78 bits per heavy atom. The number of rotatable bonds is 4. The van der Waals surface area contributed by atoms with Crippen LogP contribution in [0.5, 0.6) is 11.5 Å². The van der Waals surface area contributed by atoms with Gasteiger partial charge in [0.25, 0.3) is 0 Å². The summed E-state index contributed by atoms with van der Waals surface area (Å²) in [6.07, 6.45) is 1.65. The maximum atomic E-state index is 12.0. The SMILES string of the molecule is COc1cc(/C=C2\N=C(c3cccs3)OC2=O)cc(Br)c1OC. The van der Waals surface area contributed by atoms with Crippen LogP contribution in [-0.2, 0) is 9.53 Å². The molecule has 0 spiro atoms. The molecule has 3 rings (SSSR count). The Morgan fingerprint density at radius 1 is 1.30 bits per heavy atom. The molecule has 5 nitrogen and oxygen atoms in total. The fourth-order valence-electron chi connectivity index (χ4n) is 2.09. The zero-order valence-electron chi connectivity index (χ0n) is 12.3. The van der Waals surface area contributed by atoms with E-state index in [1.165, 1.54) is 11.3 Å². The summed E-state index contributed by atoms with van der Waals surface area (Å²) in [5, 5.41) is 1.90. The Labute approximate surface area is 145 Å². The van der Waals surface area contributed by atoms with Crippen molar-refractivity contribution in [3.63, 3.8) is 0 Å². The number of cyclic esters (lactones) is 1. The number of carbonyl (C=O) groups is 1. The van der Waals surface area contributed by atoms with Crippen LogP contribution in [0.2, 0.25) is 0 Å². The zero-order chi connectivity index (χ0) is 16.4. The molecule has 0 N–H and O–H groups in total. The van der Waals surface area contributed by atoms with E-state index in [4.69, 9.17) is 14.2 Å². The van der Waals surface area contributed by atoms with E-state index in [1.807, 2.05) is 23.6 Å². The third-order valence-corrected chi connectivity index (χ3v) is 4.56. The van der Waals surface area contributed by atoms with Gasteiger partial charge in [0, 0.05) is 0 Å². The van der Waals surface area contributed by atoms with E-state index in [0.717, 1.165) is 14.9 Å². The van der Waals surface area contributed by atoms with Crippen molar-refractivity contribution in [3.8, 4) is 11.5 Å². The molecular weight excluding hydrogens is 382 g/mol. The Hall–Kier alpha value is -2.12. The third-order valence-electron chi connectivity index (χ3n) is 3.11. The smallest absolute Gasteiger partial charge is 0.363 e. The first-order valence-electron chi connectivity index (χ1n) is 6.60. The standard InChI is InChI=1S/C16H12BrNO4S/c1-20-12-8-9(6-10(17)14(12)21-2)7-11-16(19)22-15(18-11)13-4-3-5-23-13/h3-8H,1-2H3/b11-7-. The van der Waals surface area contributed by atoms with E-state index in [1.54, 1.807) is 26.4 Å². The molecule has 0 amide bonds. The van der Waals surface area contributed by atoms with Crippen molar-refractivity contribution in [1.29, 1.82) is 0 Å². The van der Waals surface area contributed by atoms with Crippen molar-refractivity contribution in [2.24, 2.45) is 4.99 Å². The second-order valence-corrected chi connectivity index (χ2v) is 6.35. The van der Waals surface area contributed by atoms with Crippen LogP contribution in [0.4, 0.5) is 0 Å². The highest BCUT2D eigenvalue weighted by Crippen LogP contribution is 2.37. The Kier molecular flexibility index (Phi) is 4.49. The predicted molar refractivity (Wildman–Crippen MR) is 92.2 cm³/mol. The van der Waals surface area contributed by atoms with Gasteiger partial charge in [0.1, 0.15) is 0 Å². The van der Waals surface area contributed by atoms with Crippen LogP contribution in [0.15, 0.2) is 44.8 Å². The van der Waals surface area contributed by atoms with Crippen LogP contribution >= 0.6 is 27.3 Å². The molecule has 1 aromatic heterocycles. The average molecular weight is 394 g/mol. The van der Waals surface area contributed by atoms with Crippen molar-refractivity contribution >= 4 is 45.2 Å². The molecule has 2 aromatic rings. The van der Waals surface area contributed by atoms with E-state index < -0.39 is 5.97 Å². The van der Waals surface area contributed by atoms with Gasteiger partial charge in [-0.2, -0.15) is 0 Å². The summed E-state index contributed by atoms with van der Waals surface area (Å²) >= 11 is 4.89. The van der Waals surface area contributed by atoms with Crippen molar-refractivity contribution in [2.75, 3.05) is 14.2 Å². The number of esters is 1. The maximum absolute atomic E-state index is 12.0. The Bertz CT molecular complexity index is 812. The summed E-state index contributed by atoms with van der Waals surface area (Å²) in [7, 11) is 3.12. The normalized spacial score (nSPS) is 15.5. The lowest BCUT2D eigenvalue weighted by Gasteiger charge is -2.10. The monoisotopic (exact) mass is 393 g/mol. The van der Waals surface area contributed by atoms with Gasteiger partial charge in [-0.3, -0.25) is 0 Å². The number of thiophene rings is 1. The fourth-order valence-corrected chi connectivity index (χ4v) is 3.36. The number of halogens is 1. The largest absolute Gasteiger partial charge is 0.493 e. The van der Waals surface area contributed by atoms with Gasteiger partial charge in [0.05, 0.1) is 23.6 Å². The van der Waals surface area contributed by atoms with Gasteiger partial charge < -0.3 is 14.2 Å². The van der Waals surface area contributed by atoms with Gasteiger partial charge >= 0.3 is 5.97 Å². The van der Waals surface area contributed by atoms with Crippen LogP contribution in [0, 0.1) is 0 Å². The minimum atomic E-state index is -0.473. The molecule has 0 bridgehead atoms. The molecule has 1 aliphatic heterocycles. The van der Waals surface area contributed by atoms with Gasteiger partial charge in [-0.1, -0.05) is 6.07 Å². The van der Waals surface area contributed by atoms with Crippen LogP contribution in [0.25, 0.3) is 6.08 Å². The summed E-state index contributed by atoms with van der Waals surface area (Å²) < 4.78 is 16.5. The minimum absolute atomic E-state index is 0.243. The first-order valence-corrected chi connectivity index (χ1v) is 8.27. The Balaban J connectivity index is 1.98. The highest BCUT2D eigenvalue weighted by molar-refractivity contribution is 9.10. The second kappa shape index (κ2) is 6.55. The van der Waals surface area contributed by atoms with Crippen LogP contribution in [0.1, 0.15) is 10.4 Å². The van der Waals surface area contributed by atoms with Crippen molar-refractivity contribution < 1.29 is 19.0 Å². The number of ether oxygens (including phenoxy) is 3. The molecule has 118 valence electrons.